The van der Waals surface area contributed by atoms with Crippen molar-refractivity contribution in [3.63, 3.8) is 0 Å². The Balaban J connectivity index is 1.75. The van der Waals surface area contributed by atoms with Crippen LogP contribution in [0.4, 0.5) is 0 Å². The topological polar surface area (TPSA) is 29.5 Å². The minimum Gasteiger partial charge on any atom is -0.465 e. The minimum atomic E-state index is 0.00443. The van der Waals surface area contributed by atoms with Crippen LogP contribution in [0, 0.1) is 5.92 Å². The smallest absolute Gasteiger partial charge is 0.305 e. The molecular formula is C15H27NO2. The lowest BCUT2D eigenvalue weighted by atomic mass is 9.84. The second-order valence-electron chi connectivity index (χ2n) is 5.79. The Morgan fingerprint density at radius 1 is 1.22 bits per heavy atom. The van der Waals surface area contributed by atoms with Gasteiger partial charge in [0.1, 0.15) is 0 Å². The first-order valence-electron chi connectivity index (χ1n) is 7.71. The van der Waals surface area contributed by atoms with Crippen LogP contribution >= 0.6 is 0 Å². The molecule has 2 aliphatic heterocycles. The number of piperidine rings is 2. The van der Waals surface area contributed by atoms with Crippen molar-refractivity contribution < 1.29 is 9.53 Å². The molecule has 2 fully saturated rings. The highest BCUT2D eigenvalue weighted by Gasteiger charge is 2.33. The van der Waals surface area contributed by atoms with Crippen LogP contribution in [-0.4, -0.2) is 36.6 Å². The largest absolute Gasteiger partial charge is 0.465 e. The number of unbranched alkanes of at least 4 members (excludes halogenated alkanes) is 1. The summed E-state index contributed by atoms with van der Waals surface area (Å²) in [6.07, 6.45) is 9.12. The SMILES string of the molecule is CCCCC(=O)OC[C@@H]1CCCN2CCCC[C@H]12. The summed E-state index contributed by atoms with van der Waals surface area (Å²) in [6.45, 7) is 5.27. The second kappa shape index (κ2) is 7.13. The van der Waals surface area contributed by atoms with Crippen molar-refractivity contribution in [3.05, 3.63) is 0 Å². The van der Waals surface area contributed by atoms with Gasteiger partial charge in [-0.3, -0.25) is 9.69 Å². The fraction of sp³-hybridized carbons (Fsp3) is 0.933. The molecule has 2 rings (SSSR count). The lowest BCUT2D eigenvalue weighted by Crippen LogP contribution is -2.49. The van der Waals surface area contributed by atoms with Crippen LogP contribution in [0.25, 0.3) is 0 Å². The third kappa shape index (κ3) is 3.71. The van der Waals surface area contributed by atoms with Crippen LogP contribution in [0.15, 0.2) is 0 Å². The Morgan fingerprint density at radius 3 is 2.89 bits per heavy atom. The quantitative estimate of drug-likeness (QED) is 0.705. The molecule has 0 aliphatic carbocycles. The van der Waals surface area contributed by atoms with Crippen LogP contribution in [0.3, 0.4) is 0 Å². The molecule has 2 heterocycles. The van der Waals surface area contributed by atoms with Crippen LogP contribution in [-0.2, 0) is 9.53 Å². The molecule has 3 nitrogen and oxygen atoms in total. The molecular weight excluding hydrogens is 226 g/mol. The number of esters is 1. The number of ether oxygens (including phenoxy) is 1. The minimum absolute atomic E-state index is 0.00443. The lowest BCUT2D eigenvalue weighted by Gasteiger charge is -2.44. The molecule has 0 unspecified atom stereocenters. The van der Waals surface area contributed by atoms with E-state index in [0.717, 1.165) is 12.8 Å². The molecule has 3 heteroatoms. The first-order valence-corrected chi connectivity index (χ1v) is 7.71. The summed E-state index contributed by atoms with van der Waals surface area (Å²) < 4.78 is 5.47. The standard InChI is InChI=1S/C15H27NO2/c1-2-3-9-15(17)18-12-13-7-6-11-16-10-5-4-8-14(13)16/h13-14H,2-12H2,1H3/t13-,14+/m0/s1. The van der Waals surface area contributed by atoms with Crippen molar-refractivity contribution in [3.8, 4) is 0 Å². The summed E-state index contributed by atoms with van der Waals surface area (Å²) in [7, 11) is 0. The zero-order valence-corrected chi connectivity index (χ0v) is 11.7. The summed E-state index contributed by atoms with van der Waals surface area (Å²) in [6, 6.07) is 0.687. The first-order chi connectivity index (χ1) is 8.81. The van der Waals surface area contributed by atoms with Gasteiger partial charge in [-0.05, 0) is 45.2 Å². The molecule has 0 bridgehead atoms. The Morgan fingerprint density at radius 2 is 2.06 bits per heavy atom. The van der Waals surface area contributed by atoms with Crippen LogP contribution < -0.4 is 0 Å². The summed E-state index contributed by atoms with van der Waals surface area (Å²) in [5, 5.41) is 0. The first kappa shape index (κ1) is 13.9. The van der Waals surface area contributed by atoms with Gasteiger partial charge in [0.2, 0.25) is 0 Å². The third-order valence-corrected chi connectivity index (χ3v) is 4.42. The Hall–Kier alpha value is -0.570. The fourth-order valence-corrected chi connectivity index (χ4v) is 3.36. The molecule has 0 aromatic rings. The molecule has 0 N–H and O–H groups in total. The fourth-order valence-electron chi connectivity index (χ4n) is 3.36. The zero-order valence-electron chi connectivity index (χ0n) is 11.7. The predicted octanol–water partition coefficient (Wildman–Crippen LogP) is 2.98. The van der Waals surface area contributed by atoms with Gasteiger partial charge in [0.15, 0.2) is 0 Å². The molecule has 2 aliphatic rings. The Bertz CT molecular complexity index is 265. The molecule has 2 saturated heterocycles. The Labute approximate surface area is 111 Å². The Kier molecular flexibility index (Phi) is 5.48. The van der Waals surface area contributed by atoms with Gasteiger partial charge in [0.05, 0.1) is 6.61 Å². The van der Waals surface area contributed by atoms with Gasteiger partial charge in [-0.15, -0.1) is 0 Å². The summed E-state index contributed by atoms with van der Waals surface area (Å²) in [5.41, 5.74) is 0. The molecule has 0 aromatic heterocycles. The van der Waals surface area contributed by atoms with E-state index < -0.39 is 0 Å². The maximum atomic E-state index is 11.6. The van der Waals surface area contributed by atoms with Crippen molar-refractivity contribution in [2.45, 2.75) is 64.3 Å². The van der Waals surface area contributed by atoms with E-state index in [2.05, 4.69) is 11.8 Å². The summed E-state index contributed by atoms with van der Waals surface area (Å²) in [4.78, 5) is 14.2. The molecule has 0 spiro atoms. The molecule has 104 valence electrons. The van der Waals surface area contributed by atoms with Crippen LogP contribution in [0.2, 0.25) is 0 Å². The number of nitrogens with zero attached hydrogens (tertiary/aromatic N) is 1. The van der Waals surface area contributed by atoms with E-state index in [0.29, 0.717) is 25.0 Å². The van der Waals surface area contributed by atoms with Gasteiger partial charge in [0.25, 0.3) is 0 Å². The number of carbonyl (C=O) groups is 1. The highest BCUT2D eigenvalue weighted by molar-refractivity contribution is 5.69. The van der Waals surface area contributed by atoms with E-state index in [1.54, 1.807) is 0 Å². The van der Waals surface area contributed by atoms with Crippen molar-refractivity contribution in [2.24, 2.45) is 5.92 Å². The number of carbonyl (C=O) groups excluding carboxylic acids is 1. The molecule has 0 saturated carbocycles. The van der Waals surface area contributed by atoms with E-state index >= 15 is 0 Å². The zero-order chi connectivity index (χ0) is 12.8. The van der Waals surface area contributed by atoms with E-state index in [1.807, 2.05) is 0 Å². The van der Waals surface area contributed by atoms with E-state index in [9.17, 15) is 4.79 Å². The molecule has 2 atom stereocenters. The van der Waals surface area contributed by atoms with Gasteiger partial charge in [0, 0.05) is 18.4 Å². The highest BCUT2D eigenvalue weighted by atomic mass is 16.5. The summed E-state index contributed by atoms with van der Waals surface area (Å²) in [5.74, 6) is 0.592. The highest BCUT2D eigenvalue weighted by Crippen LogP contribution is 2.31. The average molecular weight is 253 g/mol. The predicted molar refractivity (Wildman–Crippen MR) is 72.4 cm³/mol. The van der Waals surface area contributed by atoms with Crippen LogP contribution in [0.5, 0.6) is 0 Å². The lowest BCUT2D eigenvalue weighted by molar-refractivity contribution is -0.146. The van der Waals surface area contributed by atoms with Crippen molar-refractivity contribution >= 4 is 5.97 Å². The molecule has 18 heavy (non-hydrogen) atoms. The monoisotopic (exact) mass is 253 g/mol. The number of hydrogen-bond donors (Lipinski definition) is 0. The maximum Gasteiger partial charge on any atom is 0.305 e. The van der Waals surface area contributed by atoms with Gasteiger partial charge in [-0.1, -0.05) is 19.8 Å². The van der Waals surface area contributed by atoms with E-state index in [-0.39, 0.29) is 5.97 Å². The van der Waals surface area contributed by atoms with Crippen molar-refractivity contribution in [1.29, 1.82) is 0 Å². The number of rotatable bonds is 5. The van der Waals surface area contributed by atoms with Gasteiger partial charge >= 0.3 is 5.97 Å². The molecule has 0 amide bonds. The number of hydrogen-bond acceptors (Lipinski definition) is 3. The average Bonchev–Trinajstić information content (AvgIpc) is 2.42. The third-order valence-electron chi connectivity index (χ3n) is 4.42. The molecule has 0 radical (unpaired) electrons. The van der Waals surface area contributed by atoms with Gasteiger partial charge < -0.3 is 4.74 Å². The van der Waals surface area contributed by atoms with E-state index in [1.165, 1.54) is 45.2 Å². The maximum absolute atomic E-state index is 11.6. The van der Waals surface area contributed by atoms with Crippen molar-refractivity contribution in [1.82, 2.24) is 4.90 Å². The normalized spacial score (nSPS) is 28.7. The van der Waals surface area contributed by atoms with E-state index in [4.69, 9.17) is 4.74 Å². The van der Waals surface area contributed by atoms with Gasteiger partial charge in [-0.2, -0.15) is 0 Å². The van der Waals surface area contributed by atoms with Gasteiger partial charge in [-0.25, -0.2) is 0 Å². The second-order valence-corrected chi connectivity index (χ2v) is 5.79. The summed E-state index contributed by atoms with van der Waals surface area (Å²) >= 11 is 0. The van der Waals surface area contributed by atoms with Crippen LogP contribution in [0.1, 0.15) is 58.3 Å². The molecule has 0 aromatic carbocycles. The van der Waals surface area contributed by atoms with Crippen molar-refractivity contribution in [2.75, 3.05) is 19.7 Å². The number of fused-ring (bicyclic) bond motifs is 1.